The maximum Gasteiger partial charge on any atom is 0.264 e. The summed E-state index contributed by atoms with van der Waals surface area (Å²) in [5, 5.41) is 9.54. The first-order valence-corrected chi connectivity index (χ1v) is 16.6. The fourth-order valence-corrected chi connectivity index (χ4v) is 8.18. The summed E-state index contributed by atoms with van der Waals surface area (Å²) < 4.78 is 33.0. The van der Waals surface area contributed by atoms with E-state index in [0.29, 0.717) is 42.7 Å². The first-order valence-electron chi connectivity index (χ1n) is 16.6. The minimum Gasteiger partial charge on any atom is -0.338 e. The van der Waals surface area contributed by atoms with Gasteiger partial charge in [0.05, 0.1) is 18.8 Å². The molecule has 1 aliphatic carbocycles. The lowest BCUT2D eigenvalue weighted by Crippen LogP contribution is -2.44. The van der Waals surface area contributed by atoms with Crippen molar-refractivity contribution < 1.29 is 13.6 Å². The van der Waals surface area contributed by atoms with Gasteiger partial charge in [0.2, 0.25) is 5.91 Å². The number of hydrogen-bond acceptors (Lipinski definition) is 5. The van der Waals surface area contributed by atoms with Crippen molar-refractivity contribution in [1.82, 2.24) is 29.4 Å². The number of carbonyl (C=O) groups is 1. The Hall–Kier alpha value is -3.71. The van der Waals surface area contributed by atoms with Gasteiger partial charge in [0, 0.05) is 92.8 Å². The van der Waals surface area contributed by atoms with E-state index in [-0.39, 0.29) is 17.5 Å². The molecule has 1 amide bonds. The minimum absolute atomic E-state index is 0.0102. The van der Waals surface area contributed by atoms with Crippen molar-refractivity contribution in [2.75, 3.05) is 31.1 Å². The highest BCUT2D eigenvalue weighted by Gasteiger charge is 2.36. The molecule has 7 rings (SSSR count). The predicted octanol–water partition coefficient (Wildman–Crippen LogP) is 6.04. The van der Waals surface area contributed by atoms with Crippen LogP contribution in [0.3, 0.4) is 0 Å². The van der Waals surface area contributed by atoms with E-state index < -0.39 is 6.43 Å². The number of halogens is 2. The van der Waals surface area contributed by atoms with Crippen LogP contribution in [0.1, 0.15) is 86.7 Å². The molecular weight excluding hydrogens is 572 g/mol. The van der Waals surface area contributed by atoms with E-state index in [1.165, 1.54) is 18.5 Å². The highest BCUT2D eigenvalue weighted by atomic mass is 19.3. The number of rotatable bonds is 5. The molecule has 8 nitrogen and oxygen atoms in total. The van der Waals surface area contributed by atoms with Gasteiger partial charge in [-0.05, 0) is 74.6 Å². The number of likely N-dealkylation sites (tertiary alicyclic amines) is 1. The molecule has 238 valence electrons. The summed E-state index contributed by atoms with van der Waals surface area (Å²) in [5.74, 6) is 4.25. The van der Waals surface area contributed by atoms with Crippen LogP contribution in [-0.2, 0) is 31.2 Å². The lowest BCUT2D eigenvalue weighted by atomic mass is 9.85. The number of terminal acetylenes is 1. The van der Waals surface area contributed by atoms with Gasteiger partial charge in [0.15, 0.2) is 5.82 Å². The molecule has 0 N–H and O–H groups in total. The summed E-state index contributed by atoms with van der Waals surface area (Å²) in [6, 6.07) is 4.50. The monoisotopic (exact) mass is 615 g/mol. The summed E-state index contributed by atoms with van der Waals surface area (Å²) in [5.41, 5.74) is 5.35. The molecule has 3 aliphatic heterocycles. The van der Waals surface area contributed by atoms with Gasteiger partial charge in [0.1, 0.15) is 0 Å². The lowest BCUT2D eigenvalue weighted by molar-refractivity contribution is -0.129. The molecule has 0 atom stereocenters. The highest BCUT2D eigenvalue weighted by Crippen LogP contribution is 2.44. The van der Waals surface area contributed by atoms with Crippen LogP contribution in [-0.4, -0.2) is 67.5 Å². The van der Waals surface area contributed by atoms with Crippen LogP contribution < -0.4 is 4.90 Å². The summed E-state index contributed by atoms with van der Waals surface area (Å²) in [4.78, 5) is 19.2. The second kappa shape index (κ2) is 12.2. The summed E-state index contributed by atoms with van der Waals surface area (Å²) in [6.45, 7) is 5.57. The topological polar surface area (TPSA) is 62.4 Å². The first-order chi connectivity index (χ1) is 21.8. The van der Waals surface area contributed by atoms with Gasteiger partial charge in [-0.2, -0.15) is 10.2 Å². The third-order valence-electron chi connectivity index (χ3n) is 10.7. The number of piperidine rings is 1. The molecule has 0 bridgehead atoms. The normalized spacial score (nSPS) is 22.8. The zero-order chi connectivity index (χ0) is 31.2. The Labute approximate surface area is 264 Å². The number of anilines is 2. The Bertz CT molecular complexity index is 1600. The molecule has 0 unspecified atom stereocenters. The van der Waals surface area contributed by atoms with Gasteiger partial charge in [0.25, 0.3) is 6.43 Å². The third kappa shape index (κ3) is 5.65. The second-order valence-corrected chi connectivity index (χ2v) is 13.3. The van der Waals surface area contributed by atoms with Crippen molar-refractivity contribution >= 4 is 17.4 Å². The quantitative estimate of drug-likeness (QED) is 0.328. The molecule has 5 heterocycles. The summed E-state index contributed by atoms with van der Waals surface area (Å²) in [6.07, 6.45) is 15.6. The van der Waals surface area contributed by atoms with E-state index in [2.05, 4.69) is 25.5 Å². The van der Waals surface area contributed by atoms with Crippen LogP contribution in [0.4, 0.5) is 20.3 Å². The van der Waals surface area contributed by atoms with Gasteiger partial charge in [-0.15, -0.1) is 12.3 Å². The van der Waals surface area contributed by atoms with Gasteiger partial charge in [-0.25, -0.2) is 8.78 Å². The lowest BCUT2D eigenvalue weighted by Gasteiger charge is -2.40. The van der Waals surface area contributed by atoms with Gasteiger partial charge >= 0.3 is 0 Å². The molecule has 10 heteroatoms. The molecule has 0 spiro atoms. The smallest absolute Gasteiger partial charge is 0.264 e. The number of nitrogens with zero attached hydrogens (tertiary/aromatic N) is 7. The number of benzene rings is 1. The molecule has 3 aromatic rings. The molecule has 4 aliphatic rings. The third-order valence-corrected chi connectivity index (χ3v) is 10.7. The van der Waals surface area contributed by atoms with Crippen LogP contribution in [0.2, 0.25) is 0 Å². The van der Waals surface area contributed by atoms with Crippen LogP contribution in [0, 0.1) is 18.3 Å². The van der Waals surface area contributed by atoms with Crippen LogP contribution in [0.25, 0.3) is 11.1 Å². The first kappa shape index (κ1) is 30.0. The van der Waals surface area contributed by atoms with Gasteiger partial charge < -0.3 is 14.7 Å². The molecule has 2 aromatic heterocycles. The largest absolute Gasteiger partial charge is 0.338 e. The number of hydrogen-bond donors (Lipinski definition) is 0. The average Bonchev–Trinajstić information content (AvgIpc) is 3.67. The molecule has 1 saturated carbocycles. The zero-order valence-electron chi connectivity index (χ0n) is 26.4. The SMILES string of the molecule is C#CC1CCC(N2CCC(n3nc(N4CCCc5cc(-c6cnn(C)c6)c(C(F)F)cc54)c4c3CCN(C(C)=O)C4)CC2)CC1. The Morgan fingerprint density at radius 1 is 1.02 bits per heavy atom. The fraction of sp³-hybridized carbons (Fsp3) is 0.571. The van der Waals surface area contributed by atoms with Crippen LogP contribution >= 0.6 is 0 Å². The van der Waals surface area contributed by atoms with Crippen molar-refractivity contribution in [3.05, 3.63) is 46.9 Å². The van der Waals surface area contributed by atoms with Crippen molar-refractivity contribution in [2.24, 2.45) is 13.0 Å². The van der Waals surface area contributed by atoms with Crippen LogP contribution in [0.15, 0.2) is 24.5 Å². The minimum atomic E-state index is -2.62. The van der Waals surface area contributed by atoms with E-state index in [1.807, 2.05) is 11.0 Å². The Kier molecular flexibility index (Phi) is 8.15. The maximum atomic E-state index is 14.6. The Balaban J connectivity index is 1.21. The standard InChI is InChI=1S/C35H43F2N7O/c1-4-24-7-9-27(10-8-24)41-15-11-28(12-16-41)44-32-13-17-42(23(2)45)22-31(32)35(39-44)43-14-5-6-25-18-29(26-20-38-40(3)21-26)30(34(36)37)19-33(25)43/h1,18-21,24,27-28,34H,5-17,22H2,2-3H3. The summed E-state index contributed by atoms with van der Waals surface area (Å²) >= 11 is 0. The molecule has 45 heavy (non-hydrogen) atoms. The van der Waals surface area contributed by atoms with Gasteiger partial charge in [-0.3, -0.25) is 14.2 Å². The highest BCUT2D eigenvalue weighted by molar-refractivity contribution is 5.78. The average molecular weight is 616 g/mol. The van der Waals surface area contributed by atoms with E-state index >= 15 is 0 Å². The predicted molar refractivity (Wildman–Crippen MR) is 170 cm³/mol. The maximum absolute atomic E-state index is 14.6. The Morgan fingerprint density at radius 2 is 1.80 bits per heavy atom. The van der Waals surface area contributed by atoms with Crippen LogP contribution in [0.5, 0.6) is 0 Å². The van der Waals surface area contributed by atoms with Gasteiger partial charge in [-0.1, -0.05) is 0 Å². The molecule has 2 fully saturated rings. The molecule has 1 saturated heterocycles. The number of aromatic nitrogens is 4. The number of fused-ring (bicyclic) bond motifs is 2. The fourth-order valence-electron chi connectivity index (χ4n) is 8.18. The number of carbonyl (C=O) groups excluding carboxylic acids is 1. The number of aryl methyl sites for hydroxylation is 2. The van der Waals surface area contributed by atoms with E-state index in [0.717, 1.165) is 80.7 Å². The molecule has 1 aromatic carbocycles. The van der Waals surface area contributed by atoms with E-state index in [9.17, 15) is 13.6 Å². The number of amides is 1. The van der Waals surface area contributed by atoms with E-state index in [4.69, 9.17) is 11.5 Å². The van der Waals surface area contributed by atoms with Crippen molar-refractivity contribution in [3.63, 3.8) is 0 Å². The van der Waals surface area contributed by atoms with Crippen molar-refractivity contribution in [3.8, 4) is 23.5 Å². The second-order valence-electron chi connectivity index (χ2n) is 13.3. The number of alkyl halides is 2. The molecule has 0 radical (unpaired) electrons. The summed E-state index contributed by atoms with van der Waals surface area (Å²) in [7, 11) is 1.80. The molecular formula is C35H43F2N7O. The van der Waals surface area contributed by atoms with Crippen molar-refractivity contribution in [1.29, 1.82) is 0 Å². The Morgan fingerprint density at radius 3 is 2.47 bits per heavy atom. The van der Waals surface area contributed by atoms with E-state index in [1.54, 1.807) is 37.1 Å². The zero-order valence-corrected chi connectivity index (χ0v) is 26.4. The van der Waals surface area contributed by atoms with Crippen molar-refractivity contribution in [2.45, 2.75) is 89.8 Å².